The summed E-state index contributed by atoms with van der Waals surface area (Å²) in [4.78, 5) is 4.68. The summed E-state index contributed by atoms with van der Waals surface area (Å²) in [7, 11) is -2.90. The van der Waals surface area contributed by atoms with Crippen LogP contribution >= 0.6 is 24.0 Å². The van der Waals surface area contributed by atoms with E-state index >= 15 is 0 Å². The summed E-state index contributed by atoms with van der Waals surface area (Å²) < 4.78 is 23.3. The smallest absolute Gasteiger partial charge is 0.191 e. The summed E-state index contributed by atoms with van der Waals surface area (Å²) in [6.45, 7) is 7.69. The molecule has 2 rings (SSSR count). The maximum atomic E-state index is 11.6. The third kappa shape index (κ3) is 7.69. The minimum atomic E-state index is -2.90. The number of halogens is 1. The first-order valence-corrected chi connectivity index (χ1v) is 10.8. The number of aliphatic imine (C=N–C) groups is 1. The van der Waals surface area contributed by atoms with Gasteiger partial charge in [-0.2, -0.15) is 0 Å². The van der Waals surface area contributed by atoms with Gasteiger partial charge in [0.1, 0.15) is 0 Å². The topological polar surface area (TPSA) is 82.6 Å². The fourth-order valence-electron chi connectivity index (χ4n) is 2.78. The van der Waals surface area contributed by atoms with E-state index in [1.807, 2.05) is 37.3 Å². The zero-order chi connectivity index (χ0) is 18.3. The molecule has 0 aliphatic carbocycles. The second-order valence-electron chi connectivity index (χ2n) is 6.82. The van der Waals surface area contributed by atoms with Crippen LogP contribution in [-0.4, -0.2) is 51.1 Å². The van der Waals surface area contributed by atoms with E-state index in [4.69, 9.17) is 0 Å². The molecule has 148 valence electrons. The van der Waals surface area contributed by atoms with Crippen molar-refractivity contribution in [3.05, 3.63) is 30.3 Å². The Bertz CT molecular complexity index is 665. The van der Waals surface area contributed by atoms with Crippen molar-refractivity contribution in [2.75, 3.05) is 29.9 Å². The molecule has 3 N–H and O–H groups in total. The molecule has 6 nitrogen and oxygen atoms in total. The van der Waals surface area contributed by atoms with Crippen LogP contribution in [0.4, 0.5) is 5.69 Å². The number of guanidine groups is 1. The molecule has 1 aromatic carbocycles. The Hall–Kier alpha value is -1.03. The average molecular weight is 494 g/mol. The molecule has 1 aliphatic rings. The van der Waals surface area contributed by atoms with Crippen LogP contribution in [0.5, 0.6) is 0 Å². The minimum Gasteiger partial charge on any atom is -0.380 e. The van der Waals surface area contributed by atoms with Crippen molar-refractivity contribution >= 4 is 45.5 Å². The SMILES string of the molecule is CCNC(=NCC(Nc1ccccc1)C(C)C)NC1CCS(=O)(=O)C1.I. The van der Waals surface area contributed by atoms with E-state index in [-0.39, 0.29) is 47.6 Å². The highest BCUT2D eigenvalue weighted by Crippen LogP contribution is 2.13. The molecule has 0 spiro atoms. The Morgan fingerprint density at radius 1 is 1.27 bits per heavy atom. The molecule has 1 heterocycles. The van der Waals surface area contributed by atoms with E-state index in [0.29, 0.717) is 24.8 Å². The molecular formula is C18H31IN4O2S. The Morgan fingerprint density at radius 2 is 1.96 bits per heavy atom. The van der Waals surface area contributed by atoms with Crippen molar-refractivity contribution in [2.24, 2.45) is 10.9 Å². The second-order valence-corrected chi connectivity index (χ2v) is 9.05. The average Bonchev–Trinajstić information content (AvgIpc) is 2.90. The highest BCUT2D eigenvalue weighted by molar-refractivity contribution is 14.0. The summed E-state index contributed by atoms with van der Waals surface area (Å²) in [5, 5.41) is 10.00. The van der Waals surface area contributed by atoms with E-state index in [1.165, 1.54) is 0 Å². The summed E-state index contributed by atoms with van der Waals surface area (Å²) in [5.41, 5.74) is 1.08. The van der Waals surface area contributed by atoms with Crippen LogP contribution in [0.25, 0.3) is 0 Å². The van der Waals surface area contributed by atoms with Gasteiger partial charge in [0, 0.05) is 24.3 Å². The molecule has 8 heteroatoms. The van der Waals surface area contributed by atoms with Crippen molar-refractivity contribution in [3.8, 4) is 0 Å². The van der Waals surface area contributed by atoms with Crippen LogP contribution in [0.15, 0.2) is 35.3 Å². The van der Waals surface area contributed by atoms with Crippen molar-refractivity contribution in [1.82, 2.24) is 10.6 Å². The standard InChI is InChI=1S/C18H30N4O2S.HI/c1-4-19-18(22-16-10-11-25(23,24)13-16)20-12-17(14(2)3)21-15-8-6-5-7-9-15;/h5-9,14,16-17,21H,4,10-13H2,1-3H3,(H2,19,20,22);1H. The van der Waals surface area contributed by atoms with Crippen molar-refractivity contribution in [3.63, 3.8) is 0 Å². The Kier molecular flexibility index (Phi) is 9.70. The predicted octanol–water partition coefficient (Wildman–Crippen LogP) is 2.48. The summed E-state index contributed by atoms with van der Waals surface area (Å²) in [5.74, 6) is 1.55. The van der Waals surface area contributed by atoms with Crippen LogP contribution < -0.4 is 16.0 Å². The third-order valence-electron chi connectivity index (χ3n) is 4.29. The van der Waals surface area contributed by atoms with E-state index in [9.17, 15) is 8.42 Å². The lowest BCUT2D eigenvalue weighted by Gasteiger charge is -2.23. The summed E-state index contributed by atoms with van der Waals surface area (Å²) in [6, 6.07) is 10.3. The van der Waals surface area contributed by atoms with E-state index < -0.39 is 9.84 Å². The van der Waals surface area contributed by atoms with Crippen LogP contribution in [0.3, 0.4) is 0 Å². The monoisotopic (exact) mass is 494 g/mol. The largest absolute Gasteiger partial charge is 0.380 e. The predicted molar refractivity (Wildman–Crippen MR) is 120 cm³/mol. The second kappa shape index (κ2) is 11.0. The van der Waals surface area contributed by atoms with Crippen molar-refractivity contribution < 1.29 is 8.42 Å². The maximum absolute atomic E-state index is 11.6. The lowest BCUT2D eigenvalue weighted by atomic mass is 10.0. The van der Waals surface area contributed by atoms with E-state index in [1.54, 1.807) is 0 Å². The Labute approximate surface area is 174 Å². The number of nitrogens with zero attached hydrogens (tertiary/aromatic N) is 1. The molecule has 1 aliphatic heterocycles. The number of benzene rings is 1. The molecule has 26 heavy (non-hydrogen) atoms. The van der Waals surface area contributed by atoms with Gasteiger partial charge in [-0.1, -0.05) is 32.0 Å². The van der Waals surface area contributed by atoms with Crippen molar-refractivity contribution in [2.45, 2.75) is 39.3 Å². The molecule has 1 aromatic rings. The zero-order valence-corrected chi connectivity index (χ0v) is 18.9. The van der Waals surface area contributed by atoms with Gasteiger partial charge >= 0.3 is 0 Å². The molecule has 1 fully saturated rings. The third-order valence-corrected chi connectivity index (χ3v) is 6.06. The van der Waals surface area contributed by atoms with E-state index in [2.05, 4.69) is 34.8 Å². The number of rotatable bonds is 7. The quantitative estimate of drug-likeness (QED) is 0.308. The highest BCUT2D eigenvalue weighted by atomic mass is 127. The van der Waals surface area contributed by atoms with Gasteiger partial charge in [-0.3, -0.25) is 4.99 Å². The molecule has 0 amide bonds. The first-order valence-electron chi connectivity index (χ1n) is 8.96. The van der Waals surface area contributed by atoms with Gasteiger partial charge in [-0.15, -0.1) is 24.0 Å². The first kappa shape index (κ1) is 23.0. The van der Waals surface area contributed by atoms with Crippen LogP contribution in [-0.2, 0) is 9.84 Å². The molecule has 0 radical (unpaired) electrons. The molecule has 0 bridgehead atoms. The molecule has 1 saturated heterocycles. The highest BCUT2D eigenvalue weighted by Gasteiger charge is 2.28. The van der Waals surface area contributed by atoms with Crippen LogP contribution in [0.1, 0.15) is 27.2 Å². The molecular weight excluding hydrogens is 463 g/mol. The van der Waals surface area contributed by atoms with Gasteiger partial charge in [0.05, 0.1) is 18.1 Å². The van der Waals surface area contributed by atoms with Gasteiger partial charge in [0.2, 0.25) is 0 Å². The first-order chi connectivity index (χ1) is 11.9. The summed E-state index contributed by atoms with van der Waals surface area (Å²) in [6.07, 6.45) is 0.641. The van der Waals surface area contributed by atoms with Crippen LogP contribution in [0, 0.1) is 5.92 Å². The fourth-order valence-corrected chi connectivity index (χ4v) is 4.46. The van der Waals surface area contributed by atoms with Gasteiger partial charge in [-0.05, 0) is 31.4 Å². The molecule has 0 aromatic heterocycles. The van der Waals surface area contributed by atoms with Gasteiger partial charge in [0.15, 0.2) is 15.8 Å². The Morgan fingerprint density at radius 3 is 2.50 bits per heavy atom. The normalized spacial score (nSPS) is 20.3. The summed E-state index contributed by atoms with van der Waals surface area (Å²) >= 11 is 0. The lowest BCUT2D eigenvalue weighted by Crippen LogP contribution is -2.44. The van der Waals surface area contributed by atoms with Gasteiger partial charge in [0.25, 0.3) is 0 Å². The number of anilines is 1. The Balaban J connectivity index is 0.00000338. The molecule has 2 atom stereocenters. The number of hydrogen-bond acceptors (Lipinski definition) is 4. The maximum Gasteiger partial charge on any atom is 0.191 e. The van der Waals surface area contributed by atoms with Crippen molar-refractivity contribution in [1.29, 1.82) is 0 Å². The zero-order valence-electron chi connectivity index (χ0n) is 15.7. The number of nitrogens with one attached hydrogen (secondary N) is 3. The number of hydrogen-bond donors (Lipinski definition) is 3. The number of para-hydroxylation sites is 1. The number of sulfone groups is 1. The fraction of sp³-hybridized carbons (Fsp3) is 0.611. The van der Waals surface area contributed by atoms with Gasteiger partial charge < -0.3 is 16.0 Å². The lowest BCUT2D eigenvalue weighted by molar-refractivity contribution is 0.529. The van der Waals surface area contributed by atoms with E-state index in [0.717, 1.165) is 12.2 Å². The van der Waals surface area contributed by atoms with Gasteiger partial charge in [-0.25, -0.2) is 8.42 Å². The van der Waals surface area contributed by atoms with Crippen LogP contribution in [0.2, 0.25) is 0 Å². The minimum absolute atomic E-state index is 0. The molecule has 2 unspecified atom stereocenters. The molecule has 0 saturated carbocycles.